The zero-order valence-electron chi connectivity index (χ0n) is 13.4. The third-order valence-corrected chi connectivity index (χ3v) is 4.28. The van der Waals surface area contributed by atoms with Crippen molar-refractivity contribution in [2.75, 3.05) is 5.32 Å². The van der Waals surface area contributed by atoms with Gasteiger partial charge >= 0.3 is 0 Å². The van der Waals surface area contributed by atoms with Gasteiger partial charge in [-0.05, 0) is 49.8 Å². The summed E-state index contributed by atoms with van der Waals surface area (Å²) in [6.45, 7) is 2.13. The first-order valence-corrected chi connectivity index (χ1v) is 8.26. The summed E-state index contributed by atoms with van der Waals surface area (Å²) in [4.78, 5) is 8.38. The van der Waals surface area contributed by atoms with Crippen molar-refractivity contribution in [2.24, 2.45) is 0 Å². The summed E-state index contributed by atoms with van der Waals surface area (Å²) in [6.07, 6.45) is 7.59. The Bertz CT molecular complexity index is 622. The molecule has 1 fully saturated rings. The Balaban J connectivity index is 1.69. The zero-order chi connectivity index (χ0) is 16.1. The molecule has 1 aliphatic carbocycles. The van der Waals surface area contributed by atoms with Gasteiger partial charge in [0.05, 0.1) is 12.3 Å². The largest absolute Gasteiger partial charge is 0.452 e. The van der Waals surface area contributed by atoms with Gasteiger partial charge in [0.25, 0.3) is 0 Å². The highest BCUT2D eigenvalue weighted by molar-refractivity contribution is 5.50. The average Bonchev–Trinajstić information content (AvgIpc) is 2.59. The fourth-order valence-corrected chi connectivity index (χ4v) is 2.83. The highest BCUT2D eigenvalue weighted by atomic mass is 16.5. The number of hydrogen-bond donors (Lipinski definition) is 2. The number of anilines is 1. The first-order valence-electron chi connectivity index (χ1n) is 8.26. The van der Waals surface area contributed by atoms with E-state index in [2.05, 4.69) is 34.3 Å². The number of aliphatic hydroxyl groups is 1. The first kappa shape index (κ1) is 15.7. The number of ether oxygens (including phenoxy) is 1. The van der Waals surface area contributed by atoms with E-state index in [0.717, 1.165) is 37.9 Å². The number of aliphatic hydroxyl groups excluding tert-OH is 1. The molecule has 1 saturated carbocycles. The number of hydrogen-bond acceptors (Lipinski definition) is 5. The number of nitrogens with one attached hydrogen (secondary N) is 1. The van der Waals surface area contributed by atoms with Crippen LogP contribution in [0, 0.1) is 0 Å². The molecule has 0 spiro atoms. The maximum absolute atomic E-state index is 9.61. The van der Waals surface area contributed by atoms with Gasteiger partial charge in [-0.25, -0.2) is 9.97 Å². The Morgan fingerprint density at radius 3 is 2.61 bits per heavy atom. The second-order valence-electron chi connectivity index (χ2n) is 5.98. The molecule has 1 aromatic carbocycles. The number of rotatable bonds is 5. The highest BCUT2D eigenvalue weighted by Crippen LogP contribution is 2.29. The quantitative estimate of drug-likeness (QED) is 0.883. The van der Waals surface area contributed by atoms with Crippen LogP contribution in [0.1, 0.15) is 38.2 Å². The lowest BCUT2D eigenvalue weighted by Crippen LogP contribution is -2.28. The normalized spacial score (nSPS) is 21.0. The molecular formula is C18H23N3O2. The molecule has 5 nitrogen and oxygen atoms in total. The summed E-state index contributed by atoms with van der Waals surface area (Å²) in [7, 11) is 0. The van der Waals surface area contributed by atoms with E-state index in [4.69, 9.17) is 4.74 Å². The zero-order valence-corrected chi connectivity index (χ0v) is 13.4. The van der Waals surface area contributed by atoms with Crippen LogP contribution in [-0.2, 0) is 6.42 Å². The minimum atomic E-state index is -0.161. The van der Waals surface area contributed by atoms with Gasteiger partial charge in [-0.15, -0.1) is 0 Å². The Morgan fingerprint density at radius 1 is 1.17 bits per heavy atom. The number of aromatic nitrogens is 2. The van der Waals surface area contributed by atoms with Crippen molar-refractivity contribution >= 4 is 5.82 Å². The molecule has 0 aliphatic heterocycles. The molecule has 2 aromatic rings. The molecule has 23 heavy (non-hydrogen) atoms. The Labute approximate surface area is 136 Å². The Morgan fingerprint density at radius 2 is 1.91 bits per heavy atom. The van der Waals surface area contributed by atoms with Crippen molar-refractivity contribution in [3.63, 3.8) is 0 Å². The standard InChI is InChI=1S/C18H23N3O2/c1-2-13-3-9-16(10-4-13)23-17-11-19-12-20-18(17)21-14-5-7-15(22)8-6-14/h3-4,9-12,14-15,22H,2,5-8H2,1H3,(H,19,20,21). The topological polar surface area (TPSA) is 67.3 Å². The van der Waals surface area contributed by atoms with E-state index in [1.807, 2.05) is 12.1 Å². The van der Waals surface area contributed by atoms with Gasteiger partial charge in [0.2, 0.25) is 0 Å². The fourth-order valence-electron chi connectivity index (χ4n) is 2.83. The molecule has 0 bridgehead atoms. The smallest absolute Gasteiger partial charge is 0.187 e. The van der Waals surface area contributed by atoms with Crippen molar-refractivity contribution in [3.05, 3.63) is 42.4 Å². The second-order valence-corrected chi connectivity index (χ2v) is 5.98. The Hall–Kier alpha value is -2.14. The van der Waals surface area contributed by atoms with Crippen molar-refractivity contribution in [3.8, 4) is 11.5 Å². The van der Waals surface area contributed by atoms with Crippen LogP contribution in [0.15, 0.2) is 36.8 Å². The molecule has 0 atom stereocenters. The van der Waals surface area contributed by atoms with Crippen LogP contribution in [0.4, 0.5) is 5.82 Å². The van der Waals surface area contributed by atoms with Gasteiger partial charge in [-0.2, -0.15) is 0 Å². The molecule has 122 valence electrons. The monoisotopic (exact) mass is 313 g/mol. The summed E-state index contributed by atoms with van der Waals surface area (Å²) in [5.74, 6) is 2.11. The van der Waals surface area contributed by atoms with Crippen molar-refractivity contribution in [1.82, 2.24) is 9.97 Å². The molecule has 5 heteroatoms. The minimum absolute atomic E-state index is 0.161. The third kappa shape index (κ3) is 4.20. The van der Waals surface area contributed by atoms with Gasteiger partial charge in [-0.3, -0.25) is 0 Å². The van der Waals surface area contributed by atoms with Crippen LogP contribution in [0.3, 0.4) is 0 Å². The van der Waals surface area contributed by atoms with Crippen LogP contribution >= 0.6 is 0 Å². The molecule has 0 saturated heterocycles. The van der Waals surface area contributed by atoms with Crippen molar-refractivity contribution < 1.29 is 9.84 Å². The molecule has 1 aromatic heterocycles. The molecule has 0 amide bonds. The molecule has 0 unspecified atom stereocenters. The summed E-state index contributed by atoms with van der Waals surface area (Å²) < 4.78 is 5.93. The second kappa shape index (κ2) is 7.42. The minimum Gasteiger partial charge on any atom is -0.452 e. The van der Waals surface area contributed by atoms with Crippen LogP contribution in [0.2, 0.25) is 0 Å². The van der Waals surface area contributed by atoms with Gasteiger partial charge in [-0.1, -0.05) is 19.1 Å². The van der Waals surface area contributed by atoms with E-state index in [-0.39, 0.29) is 6.10 Å². The van der Waals surface area contributed by atoms with E-state index >= 15 is 0 Å². The average molecular weight is 313 g/mol. The predicted octanol–water partition coefficient (Wildman–Crippen LogP) is 3.55. The van der Waals surface area contributed by atoms with E-state index in [0.29, 0.717) is 17.6 Å². The first-order chi connectivity index (χ1) is 11.2. The number of nitrogens with zero attached hydrogens (tertiary/aromatic N) is 2. The Kier molecular flexibility index (Phi) is 5.08. The summed E-state index contributed by atoms with van der Waals surface area (Å²) in [6, 6.07) is 8.38. The molecule has 3 rings (SSSR count). The van der Waals surface area contributed by atoms with E-state index in [9.17, 15) is 5.11 Å². The van der Waals surface area contributed by atoms with E-state index in [1.165, 1.54) is 11.9 Å². The lowest BCUT2D eigenvalue weighted by molar-refractivity contribution is 0.126. The van der Waals surface area contributed by atoms with Crippen molar-refractivity contribution in [1.29, 1.82) is 0 Å². The van der Waals surface area contributed by atoms with Gasteiger partial charge < -0.3 is 15.2 Å². The van der Waals surface area contributed by atoms with Crippen LogP contribution in [0.25, 0.3) is 0 Å². The number of benzene rings is 1. The lowest BCUT2D eigenvalue weighted by Gasteiger charge is -2.27. The van der Waals surface area contributed by atoms with E-state index in [1.54, 1.807) is 6.20 Å². The predicted molar refractivity (Wildman–Crippen MR) is 89.8 cm³/mol. The number of aryl methyl sites for hydroxylation is 1. The molecule has 2 N–H and O–H groups in total. The lowest BCUT2D eigenvalue weighted by atomic mass is 9.93. The van der Waals surface area contributed by atoms with Crippen LogP contribution < -0.4 is 10.1 Å². The molecular weight excluding hydrogens is 290 g/mol. The third-order valence-electron chi connectivity index (χ3n) is 4.28. The maximum atomic E-state index is 9.61. The maximum Gasteiger partial charge on any atom is 0.187 e. The molecule has 0 radical (unpaired) electrons. The van der Waals surface area contributed by atoms with Crippen LogP contribution in [0.5, 0.6) is 11.5 Å². The molecule has 1 heterocycles. The summed E-state index contributed by atoms with van der Waals surface area (Å²) in [5, 5.41) is 13.0. The SMILES string of the molecule is CCc1ccc(Oc2cncnc2NC2CCC(O)CC2)cc1. The van der Waals surface area contributed by atoms with Gasteiger partial charge in [0.1, 0.15) is 12.1 Å². The summed E-state index contributed by atoms with van der Waals surface area (Å²) >= 11 is 0. The van der Waals surface area contributed by atoms with Gasteiger partial charge in [0.15, 0.2) is 11.6 Å². The highest BCUT2D eigenvalue weighted by Gasteiger charge is 2.20. The van der Waals surface area contributed by atoms with Crippen molar-refractivity contribution in [2.45, 2.75) is 51.2 Å². The fraction of sp³-hybridized carbons (Fsp3) is 0.444. The molecule has 1 aliphatic rings. The summed E-state index contributed by atoms with van der Waals surface area (Å²) in [5.41, 5.74) is 1.28. The van der Waals surface area contributed by atoms with E-state index < -0.39 is 0 Å². The van der Waals surface area contributed by atoms with Gasteiger partial charge in [0, 0.05) is 6.04 Å². The van der Waals surface area contributed by atoms with Crippen LogP contribution in [-0.4, -0.2) is 27.2 Å².